The molecule has 1 N–H and O–H groups in total. The Balaban J connectivity index is 4.05. The second-order valence-corrected chi connectivity index (χ2v) is 7.44. The van der Waals surface area contributed by atoms with Gasteiger partial charge in [-0.3, -0.25) is 0 Å². The molecule has 0 saturated carbocycles. The molecule has 0 radical (unpaired) electrons. The van der Waals surface area contributed by atoms with Crippen molar-refractivity contribution < 1.29 is 0 Å². The molecule has 0 aliphatic carbocycles. The first kappa shape index (κ1) is 16.3. The summed E-state index contributed by atoms with van der Waals surface area (Å²) in [6, 6.07) is 0.694. The standard InChI is InChI=1S/C14H31NS/c1-7-12(8-2)10-13(15-9-3)11-16-14(4,5)6/h12-13,15H,7-11H2,1-6H3. The van der Waals surface area contributed by atoms with Crippen molar-refractivity contribution in [1.29, 1.82) is 0 Å². The van der Waals surface area contributed by atoms with Gasteiger partial charge in [0.2, 0.25) is 0 Å². The van der Waals surface area contributed by atoms with E-state index in [-0.39, 0.29) is 0 Å². The van der Waals surface area contributed by atoms with Crippen LogP contribution in [0.5, 0.6) is 0 Å². The molecule has 0 rings (SSSR count). The van der Waals surface area contributed by atoms with Gasteiger partial charge >= 0.3 is 0 Å². The van der Waals surface area contributed by atoms with Gasteiger partial charge in [0.05, 0.1) is 0 Å². The van der Waals surface area contributed by atoms with Crippen LogP contribution >= 0.6 is 11.8 Å². The number of thioether (sulfide) groups is 1. The average molecular weight is 245 g/mol. The summed E-state index contributed by atoms with van der Waals surface area (Å²) in [4.78, 5) is 0. The second-order valence-electron chi connectivity index (χ2n) is 5.60. The molecule has 1 nitrogen and oxygen atoms in total. The van der Waals surface area contributed by atoms with E-state index in [1.165, 1.54) is 25.0 Å². The summed E-state index contributed by atoms with van der Waals surface area (Å²) in [5.74, 6) is 2.14. The van der Waals surface area contributed by atoms with Crippen molar-refractivity contribution in [2.75, 3.05) is 12.3 Å². The van der Waals surface area contributed by atoms with E-state index in [1.807, 2.05) is 0 Å². The highest BCUT2D eigenvalue weighted by molar-refractivity contribution is 8.00. The third-order valence-electron chi connectivity index (χ3n) is 2.98. The van der Waals surface area contributed by atoms with Crippen LogP contribution in [0.25, 0.3) is 0 Å². The minimum absolute atomic E-state index is 0.390. The first-order valence-corrected chi connectivity index (χ1v) is 7.78. The van der Waals surface area contributed by atoms with Crippen LogP contribution < -0.4 is 5.32 Å². The molecule has 0 aromatic heterocycles. The molecule has 2 heteroatoms. The van der Waals surface area contributed by atoms with Crippen LogP contribution in [0.3, 0.4) is 0 Å². The summed E-state index contributed by atoms with van der Waals surface area (Å²) in [6.07, 6.45) is 3.97. The first-order chi connectivity index (χ1) is 7.42. The van der Waals surface area contributed by atoms with Gasteiger partial charge in [0.25, 0.3) is 0 Å². The number of hydrogen-bond acceptors (Lipinski definition) is 2. The van der Waals surface area contributed by atoms with Crippen LogP contribution in [0.15, 0.2) is 0 Å². The van der Waals surface area contributed by atoms with Crippen LogP contribution in [0.2, 0.25) is 0 Å². The Morgan fingerprint density at radius 2 is 1.62 bits per heavy atom. The number of nitrogens with one attached hydrogen (secondary N) is 1. The van der Waals surface area contributed by atoms with Gasteiger partial charge in [-0.25, -0.2) is 0 Å². The van der Waals surface area contributed by atoms with Gasteiger partial charge in [-0.05, 0) is 18.9 Å². The molecule has 0 aromatic rings. The predicted molar refractivity (Wildman–Crippen MR) is 78.4 cm³/mol. The van der Waals surface area contributed by atoms with Crippen LogP contribution in [-0.4, -0.2) is 23.1 Å². The summed E-state index contributed by atoms with van der Waals surface area (Å²) in [5, 5.41) is 3.63. The van der Waals surface area contributed by atoms with E-state index in [1.54, 1.807) is 0 Å². The maximum atomic E-state index is 3.63. The fourth-order valence-corrected chi connectivity index (χ4v) is 2.83. The van der Waals surface area contributed by atoms with E-state index < -0.39 is 0 Å². The fraction of sp³-hybridized carbons (Fsp3) is 1.00. The lowest BCUT2D eigenvalue weighted by atomic mass is 9.95. The average Bonchev–Trinajstić information content (AvgIpc) is 2.21. The maximum absolute atomic E-state index is 3.63. The molecule has 0 spiro atoms. The van der Waals surface area contributed by atoms with Crippen molar-refractivity contribution >= 4 is 11.8 Å². The third-order valence-corrected chi connectivity index (χ3v) is 4.42. The zero-order valence-corrected chi connectivity index (χ0v) is 12.9. The van der Waals surface area contributed by atoms with E-state index in [0.717, 1.165) is 12.5 Å². The zero-order valence-electron chi connectivity index (χ0n) is 12.1. The van der Waals surface area contributed by atoms with Gasteiger partial charge in [0.1, 0.15) is 0 Å². The van der Waals surface area contributed by atoms with Gasteiger partial charge in [0, 0.05) is 16.5 Å². The molecule has 0 aliphatic heterocycles. The van der Waals surface area contributed by atoms with Gasteiger partial charge in [-0.1, -0.05) is 54.4 Å². The fourth-order valence-electron chi connectivity index (χ4n) is 1.87. The summed E-state index contributed by atoms with van der Waals surface area (Å²) in [7, 11) is 0. The molecular weight excluding hydrogens is 214 g/mol. The van der Waals surface area contributed by atoms with Crippen molar-refractivity contribution in [3.8, 4) is 0 Å². The Labute approximate surface area is 107 Å². The summed E-state index contributed by atoms with van der Waals surface area (Å²) in [6.45, 7) is 14.8. The molecule has 0 amide bonds. The van der Waals surface area contributed by atoms with Gasteiger partial charge < -0.3 is 5.32 Å². The van der Waals surface area contributed by atoms with Gasteiger partial charge in [-0.15, -0.1) is 0 Å². The molecule has 1 unspecified atom stereocenters. The number of hydrogen-bond donors (Lipinski definition) is 1. The molecule has 0 heterocycles. The van der Waals surface area contributed by atoms with E-state index in [0.29, 0.717) is 10.8 Å². The molecular formula is C14H31NS. The summed E-state index contributed by atoms with van der Waals surface area (Å²) >= 11 is 2.08. The Morgan fingerprint density at radius 3 is 2.00 bits per heavy atom. The maximum Gasteiger partial charge on any atom is 0.0160 e. The molecule has 0 bridgehead atoms. The molecule has 0 aliphatic rings. The smallest absolute Gasteiger partial charge is 0.0160 e. The largest absolute Gasteiger partial charge is 0.313 e. The minimum Gasteiger partial charge on any atom is -0.313 e. The number of rotatable bonds is 8. The highest BCUT2D eigenvalue weighted by Gasteiger charge is 2.17. The Morgan fingerprint density at radius 1 is 1.06 bits per heavy atom. The lowest BCUT2D eigenvalue weighted by molar-refractivity contribution is 0.388. The minimum atomic E-state index is 0.390. The van der Waals surface area contributed by atoms with Crippen molar-refractivity contribution in [2.45, 2.75) is 71.6 Å². The van der Waals surface area contributed by atoms with Crippen molar-refractivity contribution in [3.05, 3.63) is 0 Å². The second kappa shape index (κ2) is 8.41. The van der Waals surface area contributed by atoms with Crippen molar-refractivity contribution in [2.24, 2.45) is 5.92 Å². The normalized spacial score (nSPS) is 14.4. The highest BCUT2D eigenvalue weighted by Crippen LogP contribution is 2.26. The van der Waals surface area contributed by atoms with E-state index in [9.17, 15) is 0 Å². The molecule has 98 valence electrons. The Hall–Kier alpha value is 0.310. The van der Waals surface area contributed by atoms with Crippen LogP contribution in [0.1, 0.15) is 60.8 Å². The lowest BCUT2D eigenvalue weighted by Crippen LogP contribution is -2.34. The SMILES string of the molecule is CCNC(CSC(C)(C)C)CC(CC)CC. The Bertz CT molecular complexity index is 159. The molecule has 0 aromatic carbocycles. The van der Waals surface area contributed by atoms with Crippen LogP contribution in [0, 0.1) is 5.92 Å². The quantitative estimate of drug-likeness (QED) is 0.683. The molecule has 0 fully saturated rings. The lowest BCUT2D eigenvalue weighted by Gasteiger charge is -2.26. The van der Waals surface area contributed by atoms with Crippen LogP contribution in [-0.2, 0) is 0 Å². The van der Waals surface area contributed by atoms with E-state index in [2.05, 4.69) is 58.6 Å². The van der Waals surface area contributed by atoms with Gasteiger partial charge in [0.15, 0.2) is 0 Å². The monoisotopic (exact) mass is 245 g/mol. The summed E-state index contributed by atoms with van der Waals surface area (Å²) in [5.41, 5.74) is 0. The third kappa shape index (κ3) is 8.46. The van der Waals surface area contributed by atoms with E-state index >= 15 is 0 Å². The Kier molecular flexibility index (Phi) is 8.57. The van der Waals surface area contributed by atoms with E-state index in [4.69, 9.17) is 0 Å². The van der Waals surface area contributed by atoms with Crippen LogP contribution in [0.4, 0.5) is 0 Å². The van der Waals surface area contributed by atoms with Crippen molar-refractivity contribution in [1.82, 2.24) is 5.32 Å². The molecule has 16 heavy (non-hydrogen) atoms. The molecule has 0 saturated heterocycles. The summed E-state index contributed by atoms with van der Waals surface area (Å²) < 4.78 is 0.390. The molecule has 1 atom stereocenters. The zero-order chi connectivity index (χ0) is 12.6. The topological polar surface area (TPSA) is 12.0 Å². The van der Waals surface area contributed by atoms with Gasteiger partial charge in [-0.2, -0.15) is 11.8 Å². The predicted octanol–water partition coefficient (Wildman–Crippen LogP) is 4.32. The van der Waals surface area contributed by atoms with Crippen molar-refractivity contribution in [3.63, 3.8) is 0 Å². The highest BCUT2D eigenvalue weighted by atomic mass is 32.2. The first-order valence-electron chi connectivity index (χ1n) is 6.80.